The molecule has 2 heterocycles. The van der Waals surface area contributed by atoms with E-state index in [-0.39, 0.29) is 18.1 Å². The summed E-state index contributed by atoms with van der Waals surface area (Å²) in [5.41, 5.74) is 3.22. The normalized spacial score (nSPS) is 18.4. The highest BCUT2D eigenvalue weighted by molar-refractivity contribution is 9.10. The van der Waals surface area contributed by atoms with Crippen molar-refractivity contribution in [3.8, 4) is 11.3 Å². The van der Waals surface area contributed by atoms with Gasteiger partial charge in [0, 0.05) is 16.6 Å². The second-order valence-corrected chi connectivity index (χ2v) is 7.07. The molecule has 1 aliphatic heterocycles. The first kappa shape index (κ1) is 17.1. The second-order valence-electron chi connectivity index (χ2n) is 6.15. The van der Waals surface area contributed by atoms with Crippen LogP contribution in [-0.2, 0) is 4.74 Å². The summed E-state index contributed by atoms with van der Waals surface area (Å²) < 4.78 is 6.64. The molecule has 0 radical (unpaired) electrons. The zero-order valence-electron chi connectivity index (χ0n) is 13.9. The van der Waals surface area contributed by atoms with E-state index in [1.54, 1.807) is 0 Å². The summed E-state index contributed by atoms with van der Waals surface area (Å²) in [5.74, 6) is -0.0937. The molecule has 24 heavy (non-hydrogen) atoms. The lowest BCUT2D eigenvalue weighted by molar-refractivity contribution is 0.0712. The summed E-state index contributed by atoms with van der Waals surface area (Å²) in [4.78, 5) is 17.1. The fourth-order valence-corrected chi connectivity index (χ4v) is 3.38. The Labute approximate surface area is 150 Å². The quantitative estimate of drug-likeness (QED) is 0.856. The second kappa shape index (κ2) is 7.45. The van der Waals surface area contributed by atoms with Gasteiger partial charge in [-0.05, 0) is 51.0 Å². The fraction of sp³-hybridized carbons (Fsp3) is 0.368. The topological polar surface area (TPSA) is 51.2 Å². The van der Waals surface area contributed by atoms with Crippen LogP contribution in [0.15, 0.2) is 40.9 Å². The SMILES string of the molecule is Cc1nc(-c2cccc(Br)c2)ccc1C(=O)NC(C)C1CCCO1. The van der Waals surface area contributed by atoms with E-state index < -0.39 is 0 Å². The first-order valence-electron chi connectivity index (χ1n) is 8.20. The number of hydrogen-bond donors (Lipinski definition) is 1. The van der Waals surface area contributed by atoms with Gasteiger partial charge in [-0.15, -0.1) is 0 Å². The van der Waals surface area contributed by atoms with Crippen LogP contribution in [0.1, 0.15) is 35.8 Å². The maximum Gasteiger partial charge on any atom is 0.253 e. The van der Waals surface area contributed by atoms with Crippen molar-refractivity contribution in [2.24, 2.45) is 0 Å². The van der Waals surface area contributed by atoms with Crippen molar-refractivity contribution in [3.05, 3.63) is 52.1 Å². The number of pyridine rings is 1. The molecule has 126 valence electrons. The van der Waals surface area contributed by atoms with Crippen molar-refractivity contribution in [1.82, 2.24) is 10.3 Å². The number of aryl methyl sites for hydroxylation is 1. The van der Waals surface area contributed by atoms with Crippen molar-refractivity contribution in [2.75, 3.05) is 6.61 Å². The summed E-state index contributed by atoms with van der Waals surface area (Å²) in [6.45, 7) is 4.65. The average molecular weight is 389 g/mol. The molecule has 4 nitrogen and oxygen atoms in total. The van der Waals surface area contributed by atoms with Crippen molar-refractivity contribution in [3.63, 3.8) is 0 Å². The van der Waals surface area contributed by atoms with Crippen LogP contribution in [-0.4, -0.2) is 29.6 Å². The molecule has 0 aliphatic carbocycles. The predicted molar refractivity (Wildman–Crippen MR) is 98.0 cm³/mol. The molecule has 1 aromatic heterocycles. The number of aromatic nitrogens is 1. The van der Waals surface area contributed by atoms with Crippen LogP contribution < -0.4 is 5.32 Å². The molecular formula is C19H21BrN2O2. The zero-order valence-corrected chi connectivity index (χ0v) is 15.5. The molecule has 2 unspecified atom stereocenters. The van der Waals surface area contributed by atoms with E-state index in [2.05, 4.69) is 26.2 Å². The molecule has 1 N–H and O–H groups in total. The van der Waals surface area contributed by atoms with Crippen LogP contribution >= 0.6 is 15.9 Å². The minimum Gasteiger partial charge on any atom is -0.376 e. The van der Waals surface area contributed by atoms with Gasteiger partial charge in [0.05, 0.1) is 29.1 Å². The van der Waals surface area contributed by atoms with E-state index in [4.69, 9.17) is 4.74 Å². The van der Waals surface area contributed by atoms with Gasteiger partial charge in [0.25, 0.3) is 5.91 Å². The summed E-state index contributed by atoms with van der Waals surface area (Å²) in [6, 6.07) is 11.7. The predicted octanol–water partition coefficient (Wildman–Crippen LogP) is 4.12. The Bertz CT molecular complexity index is 742. The maximum atomic E-state index is 12.5. The van der Waals surface area contributed by atoms with Gasteiger partial charge in [0.15, 0.2) is 0 Å². The fourth-order valence-electron chi connectivity index (χ4n) is 2.98. The molecule has 2 atom stereocenters. The van der Waals surface area contributed by atoms with Gasteiger partial charge in [0.1, 0.15) is 0 Å². The van der Waals surface area contributed by atoms with E-state index in [1.165, 1.54) is 0 Å². The molecule has 1 fully saturated rings. The van der Waals surface area contributed by atoms with Gasteiger partial charge < -0.3 is 10.1 Å². The Morgan fingerprint density at radius 1 is 1.38 bits per heavy atom. The van der Waals surface area contributed by atoms with Crippen LogP contribution in [0.2, 0.25) is 0 Å². The molecule has 1 amide bonds. The molecule has 1 aromatic carbocycles. The molecule has 0 bridgehead atoms. The summed E-state index contributed by atoms with van der Waals surface area (Å²) >= 11 is 3.47. The standard InChI is InChI=1S/C19H21BrN2O2/c1-12-16(19(23)22-13(2)18-7-4-10-24-18)8-9-17(21-12)14-5-3-6-15(20)11-14/h3,5-6,8-9,11,13,18H,4,7,10H2,1-2H3,(H,22,23). The van der Waals surface area contributed by atoms with Gasteiger partial charge in [-0.1, -0.05) is 28.1 Å². The van der Waals surface area contributed by atoms with Crippen LogP contribution in [0.5, 0.6) is 0 Å². The van der Waals surface area contributed by atoms with Crippen LogP contribution in [0.3, 0.4) is 0 Å². The molecule has 1 saturated heterocycles. The minimum atomic E-state index is -0.0937. The lowest BCUT2D eigenvalue weighted by Crippen LogP contribution is -2.41. The Balaban J connectivity index is 1.75. The number of ether oxygens (including phenoxy) is 1. The first-order chi connectivity index (χ1) is 11.5. The van der Waals surface area contributed by atoms with E-state index in [0.717, 1.165) is 40.9 Å². The molecule has 2 aromatic rings. The third-order valence-corrected chi connectivity index (χ3v) is 4.83. The number of benzene rings is 1. The Kier molecular flexibility index (Phi) is 5.31. The molecular weight excluding hydrogens is 368 g/mol. The summed E-state index contributed by atoms with van der Waals surface area (Å²) in [5, 5.41) is 3.04. The van der Waals surface area contributed by atoms with Gasteiger partial charge in [-0.2, -0.15) is 0 Å². The lowest BCUT2D eigenvalue weighted by Gasteiger charge is -2.20. The average Bonchev–Trinajstić information content (AvgIpc) is 3.09. The molecule has 0 saturated carbocycles. The number of nitrogens with zero attached hydrogens (tertiary/aromatic N) is 1. The van der Waals surface area contributed by atoms with Crippen molar-refractivity contribution >= 4 is 21.8 Å². The monoisotopic (exact) mass is 388 g/mol. The summed E-state index contributed by atoms with van der Waals surface area (Å²) in [6.07, 6.45) is 2.18. The van der Waals surface area contributed by atoms with E-state index >= 15 is 0 Å². The highest BCUT2D eigenvalue weighted by Gasteiger charge is 2.24. The van der Waals surface area contributed by atoms with Gasteiger partial charge in [-0.3, -0.25) is 9.78 Å². The van der Waals surface area contributed by atoms with Crippen LogP contribution in [0.25, 0.3) is 11.3 Å². The zero-order chi connectivity index (χ0) is 17.1. The van der Waals surface area contributed by atoms with Gasteiger partial charge in [0.2, 0.25) is 0 Å². The van der Waals surface area contributed by atoms with Crippen LogP contribution in [0, 0.1) is 6.92 Å². The van der Waals surface area contributed by atoms with Crippen LogP contribution in [0.4, 0.5) is 0 Å². The molecule has 5 heteroatoms. The Morgan fingerprint density at radius 3 is 2.88 bits per heavy atom. The maximum absolute atomic E-state index is 12.5. The van der Waals surface area contributed by atoms with E-state index in [0.29, 0.717) is 5.56 Å². The Morgan fingerprint density at radius 2 is 2.21 bits per heavy atom. The van der Waals surface area contributed by atoms with Crippen molar-refractivity contribution in [2.45, 2.75) is 38.8 Å². The van der Waals surface area contributed by atoms with Crippen molar-refractivity contribution < 1.29 is 9.53 Å². The molecule has 1 aliphatic rings. The Hall–Kier alpha value is -1.72. The first-order valence-corrected chi connectivity index (χ1v) is 9.00. The number of carbonyl (C=O) groups is 1. The number of halogens is 1. The molecule has 3 rings (SSSR count). The van der Waals surface area contributed by atoms with Gasteiger partial charge in [-0.25, -0.2) is 0 Å². The van der Waals surface area contributed by atoms with Crippen molar-refractivity contribution in [1.29, 1.82) is 0 Å². The highest BCUT2D eigenvalue weighted by Crippen LogP contribution is 2.23. The van der Waals surface area contributed by atoms with E-state index in [1.807, 2.05) is 50.2 Å². The number of rotatable bonds is 4. The minimum absolute atomic E-state index is 0.00385. The van der Waals surface area contributed by atoms with E-state index in [9.17, 15) is 4.79 Å². The summed E-state index contributed by atoms with van der Waals surface area (Å²) in [7, 11) is 0. The number of nitrogens with one attached hydrogen (secondary N) is 1. The van der Waals surface area contributed by atoms with Gasteiger partial charge >= 0.3 is 0 Å². The number of carbonyl (C=O) groups excluding carboxylic acids is 1. The largest absolute Gasteiger partial charge is 0.376 e. The highest BCUT2D eigenvalue weighted by atomic mass is 79.9. The molecule has 0 spiro atoms. The smallest absolute Gasteiger partial charge is 0.253 e. The number of amides is 1. The third kappa shape index (κ3) is 3.84. The third-order valence-electron chi connectivity index (χ3n) is 4.33. The lowest BCUT2D eigenvalue weighted by atomic mass is 10.1. The number of hydrogen-bond acceptors (Lipinski definition) is 3.